The first-order valence-corrected chi connectivity index (χ1v) is 8.02. The Bertz CT molecular complexity index is 528. The first kappa shape index (κ1) is 19.3. The molecule has 0 saturated carbocycles. The van der Waals surface area contributed by atoms with Gasteiger partial charge in [-0.1, -0.05) is 66.3 Å². The third-order valence-electron chi connectivity index (χ3n) is 4.65. The number of aromatic hydroxyl groups is 1. The van der Waals surface area contributed by atoms with Gasteiger partial charge in [0, 0.05) is 0 Å². The summed E-state index contributed by atoms with van der Waals surface area (Å²) >= 11 is 0. The molecule has 0 unspecified atom stereocenters. The summed E-state index contributed by atoms with van der Waals surface area (Å²) in [7, 11) is 0. The molecule has 0 aromatic heterocycles. The Kier molecular flexibility index (Phi) is 5.68. The lowest BCUT2D eigenvalue weighted by Crippen LogP contribution is -2.54. The summed E-state index contributed by atoms with van der Waals surface area (Å²) in [6.45, 7) is 16.3. The van der Waals surface area contributed by atoms with E-state index in [9.17, 15) is 9.90 Å². The van der Waals surface area contributed by atoms with Crippen LogP contribution in [-0.4, -0.2) is 17.7 Å². The van der Waals surface area contributed by atoms with E-state index in [1.165, 1.54) is 0 Å². The van der Waals surface area contributed by atoms with Crippen LogP contribution >= 0.6 is 0 Å². The minimum Gasteiger partial charge on any atom is -0.508 e. The Morgan fingerprint density at radius 3 is 1.96 bits per heavy atom. The number of carbonyl (C=O) groups is 1. The molecule has 0 aliphatic carbocycles. The van der Waals surface area contributed by atoms with Crippen LogP contribution in [-0.2, 0) is 16.0 Å². The molecular weight excluding hydrogens is 288 g/mol. The minimum absolute atomic E-state index is 0.203. The molecule has 3 heteroatoms. The van der Waals surface area contributed by atoms with Gasteiger partial charge in [-0.3, -0.25) is 4.79 Å². The molecule has 23 heavy (non-hydrogen) atoms. The van der Waals surface area contributed by atoms with Crippen molar-refractivity contribution in [2.75, 3.05) is 6.61 Å². The predicted molar refractivity (Wildman–Crippen MR) is 94.3 cm³/mol. The van der Waals surface area contributed by atoms with Crippen molar-refractivity contribution in [3.63, 3.8) is 0 Å². The second-order valence-corrected chi connectivity index (χ2v) is 8.14. The normalized spacial score (nSPS) is 12.8. The van der Waals surface area contributed by atoms with Gasteiger partial charge in [-0.2, -0.15) is 0 Å². The van der Waals surface area contributed by atoms with Crippen LogP contribution in [0.1, 0.15) is 47.1 Å². The number of hydrogen-bond acceptors (Lipinski definition) is 3. The Hall–Kier alpha value is -1.77. The lowest BCUT2D eigenvalue weighted by molar-refractivity contribution is -0.174. The summed E-state index contributed by atoms with van der Waals surface area (Å²) in [5, 5.41) is 9.50. The molecule has 128 valence electrons. The van der Waals surface area contributed by atoms with E-state index in [1.807, 2.05) is 12.1 Å². The number of hydrogen-bond donors (Lipinski definition) is 1. The highest BCUT2D eigenvalue weighted by atomic mass is 16.5. The van der Waals surface area contributed by atoms with Crippen LogP contribution in [0.25, 0.3) is 0 Å². The summed E-state index contributed by atoms with van der Waals surface area (Å²) in [6, 6.07) is 7.03. The zero-order valence-electron chi connectivity index (χ0n) is 15.3. The van der Waals surface area contributed by atoms with Crippen molar-refractivity contribution in [1.82, 2.24) is 0 Å². The Morgan fingerprint density at radius 2 is 1.57 bits per heavy atom. The number of phenolic OH excluding ortho intramolecular Hbond substituents is 1. The van der Waals surface area contributed by atoms with Gasteiger partial charge in [-0.25, -0.2) is 0 Å². The van der Waals surface area contributed by atoms with Crippen molar-refractivity contribution < 1.29 is 14.6 Å². The maximum atomic E-state index is 13.1. The van der Waals surface area contributed by atoms with Gasteiger partial charge in [0.15, 0.2) is 0 Å². The maximum Gasteiger partial charge on any atom is 0.313 e. The Balaban J connectivity index is 3.41. The number of ether oxygens (including phenoxy) is 1. The fourth-order valence-corrected chi connectivity index (χ4v) is 3.52. The van der Waals surface area contributed by atoms with Crippen molar-refractivity contribution in [3.05, 3.63) is 42.5 Å². The molecule has 0 amide bonds. The minimum atomic E-state index is -0.708. The second-order valence-electron chi connectivity index (χ2n) is 8.14. The van der Waals surface area contributed by atoms with Gasteiger partial charge >= 0.3 is 5.97 Å². The molecule has 1 aromatic rings. The van der Waals surface area contributed by atoms with Gasteiger partial charge in [0.25, 0.3) is 0 Å². The summed E-state index contributed by atoms with van der Waals surface area (Å²) in [5.41, 5.74) is -0.314. The highest BCUT2D eigenvalue weighted by Crippen LogP contribution is 2.54. The fourth-order valence-electron chi connectivity index (χ4n) is 3.52. The van der Waals surface area contributed by atoms with E-state index in [-0.39, 0.29) is 29.2 Å². The van der Waals surface area contributed by atoms with Crippen molar-refractivity contribution in [1.29, 1.82) is 0 Å². The lowest BCUT2D eigenvalue weighted by atomic mass is 9.52. The van der Waals surface area contributed by atoms with Gasteiger partial charge in [0.2, 0.25) is 0 Å². The van der Waals surface area contributed by atoms with Crippen LogP contribution in [0.3, 0.4) is 0 Å². The molecule has 0 saturated heterocycles. The molecule has 3 nitrogen and oxygen atoms in total. The quantitative estimate of drug-likeness (QED) is 0.630. The Labute approximate surface area is 140 Å². The average molecular weight is 318 g/mol. The molecule has 0 spiro atoms. The molecule has 0 aliphatic heterocycles. The second kappa shape index (κ2) is 6.77. The van der Waals surface area contributed by atoms with E-state index in [0.29, 0.717) is 6.42 Å². The van der Waals surface area contributed by atoms with Crippen molar-refractivity contribution >= 4 is 5.97 Å². The van der Waals surface area contributed by atoms with Crippen LogP contribution in [0.2, 0.25) is 0 Å². The summed E-state index contributed by atoms with van der Waals surface area (Å²) in [6.07, 6.45) is 2.14. The van der Waals surface area contributed by atoms with Crippen LogP contribution in [0.5, 0.6) is 5.75 Å². The maximum absolute atomic E-state index is 13.1. The van der Waals surface area contributed by atoms with E-state index >= 15 is 0 Å². The summed E-state index contributed by atoms with van der Waals surface area (Å²) in [4.78, 5) is 13.1. The predicted octanol–water partition coefficient (Wildman–Crippen LogP) is 4.74. The Morgan fingerprint density at radius 1 is 1.09 bits per heavy atom. The molecule has 0 radical (unpaired) electrons. The lowest BCUT2D eigenvalue weighted by Gasteiger charge is -2.51. The smallest absolute Gasteiger partial charge is 0.313 e. The molecule has 1 aromatic carbocycles. The molecule has 0 aliphatic rings. The number of phenols is 1. The van der Waals surface area contributed by atoms with Crippen molar-refractivity contribution in [2.45, 2.75) is 48.0 Å². The molecule has 0 atom stereocenters. The van der Waals surface area contributed by atoms with Crippen molar-refractivity contribution in [2.24, 2.45) is 16.2 Å². The number of carbonyl (C=O) groups excluding carboxylic acids is 1. The number of esters is 1. The van der Waals surface area contributed by atoms with Gasteiger partial charge in [-0.15, -0.1) is 0 Å². The highest BCUT2D eigenvalue weighted by Gasteiger charge is 2.57. The van der Waals surface area contributed by atoms with E-state index in [2.05, 4.69) is 48.1 Å². The number of benzene rings is 1. The molecule has 0 heterocycles. The molecule has 1 N–H and O–H groups in total. The van der Waals surface area contributed by atoms with Gasteiger partial charge < -0.3 is 9.84 Å². The fraction of sp³-hybridized carbons (Fsp3) is 0.550. The third-order valence-corrected chi connectivity index (χ3v) is 4.65. The van der Waals surface area contributed by atoms with Gasteiger partial charge in [0.05, 0.1) is 5.41 Å². The molecule has 0 fully saturated rings. The monoisotopic (exact) mass is 318 g/mol. The highest BCUT2D eigenvalue weighted by molar-refractivity contribution is 5.79. The van der Waals surface area contributed by atoms with Crippen LogP contribution < -0.4 is 0 Å². The van der Waals surface area contributed by atoms with Crippen molar-refractivity contribution in [3.8, 4) is 5.75 Å². The molecule has 0 bridgehead atoms. The molecule has 1 rings (SSSR count). The van der Waals surface area contributed by atoms with Gasteiger partial charge in [-0.05, 0) is 34.9 Å². The van der Waals surface area contributed by atoms with Gasteiger partial charge in [0.1, 0.15) is 12.4 Å². The van der Waals surface area contributed by atoms with E-state index in [1.54, 1.807) is 18.2 Å². The zero-order chi connectivity index (χ0) is 17.9. The largest absolute Gasteiger partial charge is 0.508 e. The van der Waals surface area contributed by atoms with Crippen LogP contribution in [0, 0.1) is 16.2 Å². The van der Waals surface area contributed by atoms with Crippen LogP contribution in [0.4, 0.5) is 0 Å². The van der Waals surface area contributed by atoms with Crippen LogP contribution in [0.15, 0.2) is 36.9 Å². The first-order valence-electron chi connectivity index (χ1n) is 8.02. The number of rotatable bonds is 5. The standard InChI is InChI=1S/C20H30O3/c1-8-13-23-17(22)20(18(2,3)4,19(5,6)7)14-15-9-11-16(21)12-10-15/h8-12,21H,1,13-14H2,2-7H3. The zero-order valence-corrected chi connectivity index (χ0v) is 15.3. The summed E-state index contributed by atoms with van der Waals surface area (Å²) < 4.78 is 5.50. The average Bonchev–Trinajstić information content (AvgIpc) is 2.41. The third kappa shape index (κ3) is 3.95. The van der Waals surface area contributed by atoms with E-state index in [4.69, 9.17) is 4.74 Å². The van der Waals surface area contributed by atoms with E-state index < -0.39 is 5.41 Å². The summed E-state index contributed by atoms with van der Waals surface area (Å²) in [5.74, 6) is 0.0191. The SMILES string of the molecule is C=CCOC(=O)C(Cc1ccc(O)cc1)(C(C)(C)C)C(C)(C)C. The van der Waals surface area contributed by atoms with E-state index in [0.717, 1.165) is 5.56 Å². The first-order chi connectivity index (χ1) is 10.5. The molecular formula is C20H30O3. The topological polar surface area (TPSA) is 46.5 Å².